The molecule has 0 aromatic carbocycles. The van der Waals surface area contributed by atoms with Crippen LogP contribution in [0.4, 0.5) is 0 Å². The molecule has 0 aromatic heterocycles. The molecule has 1 heterocycles. The van der Waals surface area contributed by atoms with Gasteiger partial charge in [0.05, 0.1) is 13.2 Å². The number of rotatable bonds is 11. The maximum atomic E-state index is 11.7. The monoisotopic (exact) mass is 316 g/mol. The Kier molecular flexibility index (Phi) is 9.31. The summed E-state index contributed by atoms with van der Waals surface area (Å²) in [5.41, 5.74) is 0. The molecule has 4 atom stereocenters. The van der Waals surface area contributed by atoms with Crippen LogP contribution in [0.3, 0.4) is 0 Å². The van der Waals surface area contributed by atoms with Gasteiger partial charge in [-0.1, -0.05) is 25.3 Å². The number of carbonyl (C=O) groups is 1. The van der Waals surface area contributed by atoms with Gasteiger partial charge in [0, 0.05) is 6.42 Å². The van der Waals surface area contributed by atoms with Crippen molar-refractivity contribution in [3.05, 3.63) is 12.7 Å². The quantitative estimate of drug-likeness (QED) is 0.298. The van der Waals surface area contributed by atoms with E-state index in [4.69, 9.17) is 9.47 Å². The molecule has 6 nitrogen and oxygen atoms in total. The number of ether oxygens (including phenoxy) is 2. The summed E-state index contributed by atoms with van der Waals surface area (Å²) < 4.78 is 10.3. The van der Waals surface area contributed by atoms with Crippen molar-refractivity contribution in [3.8, 4) is 0 Å². The molecule has 1 saturated heterocycles. The Morgan fingerprint density at radius 1 is 1.27 bits per heavy atom. The van der Waals surface area contributed by atoms with Gasteiger partial charge >= 0.3 is 5.97 Å². The standard InChI is InChI=1S/C16H28O6/c1-2-3-4-5-6-7-8-9-14(19)22-13(10-17)16-15(20)12(18)11-21-16/h2,12-13,15-18,20H,1,3-11H2/t12-,13+,15+,16+/m0/s1. The first-order valence-corrected chi connectivity index (χ1v) is 7.99. The lowest BCUT2D eigenvalue weighted by molar-refractivity contribution is -0.162. The highest BCUT2D eigenvalue weighted by Crippen LogP contribution is 2.20. The summed E-state index contributed by atoms with van der Waals surface area (Å²) in [7, 11) is 0. The Morgan fingerprint density at radius 3 is 2.55 bits per heavy atom. The smallest absolute Gasteiger partial charge is 0.306 e. The van der Waals surface area contributed by atoms with E-state index < -0.39 is 37.0 Å². The number of carbonyl (C=O) groups excluding carboxylic acids is 1. The fourth-order valence-electron chi connectivity index (χ4n) is 2.48. The first kappa shape index (κ1) is 19.1. The molecule has 6 heteroatoms. The number of hydrogen-bond acceptors (Lipinski definition) is 6. The van der Waals surface area contributed by atoms with Crippen molar-refractivity contribution in [3.63, 3.8) is 0 Å². The maximum absolute atomic E-state index is 11.7. The molecule has 1 fully saturated rings. The lowest BCUT2D eigenvalue weighted by atomic mass is 10.1. The lowest BCUT2D eigenvalue weighted by Gasteiger charge is -2.24. The van der Waals surface area contributed by atoms with E-state index in [9.17, 15) is 20.1 Å². The van der Waals surface area contributed by atoms with Gasteiger partial charge in [0.2, 0.25) is 0 Å². The summed E-state index contributed by atoms with van der Waals surface area (Å²) >= 11 is 0. The molecular weight excluding hydrogens is 288 g/mol. The molecule has 0 amide bonds. The van der Waals surface area contributed by atoms with Gasteiger partial charge in [-0.2, -0.15) is 0 Å². The van der Waals surface area contributed by atoms with Crippen LogP contribution in [0.5, 0.6) is 0 Å². The Labute approximate surface area is 131 Å². The van der Waals surface area contributed by atoms with Gasteiger partial charge in [-0.3, -0.25) is 4.79 Å². The fraction of sp³-hybridized carbons (Fsp3) is 0.812. The Bertz CT molecular complexity index is 333. The average Bonchev–Trinajstić information content (AvgIpc) is 2.84. The van der Waals surface area contributed by atoms with Crippen molar-refractivity contribution in [1.29, 1.82) is 0 Å². The van der Waals surface area contributed by atoms with Crippen molar-refractivity contribution >= 4 is 5.97 Å². The van der Waals surface area contributed by atoms with Gasteiger partial charge < -0.3 is 24.8 Å². The number of allylic oxidation sites excluding steroid dienone is 1. The normalized spacial score (nSPS) is 25.9. The molecule has 1 rings (SSSR count). The molecule has 1 aliphatic rings. The van der Waals surface area contributed by atoms with Crippen LogP contribution in [-0.2, 0) is 14.3 Å². The minimum absolute atomic E-state index is 0.0232. The van der Waals surface area contributed by atoms with Gasteiger partial charge in [0.25, 0.3) is 0 Å². The van der Waals surface area contributed by atoms with Crippen molar-refractivity contribution in [1.82, 2.24) is 0 Å². The summed E-state index contributed by atoms with van der Waals surface area (Å²) in [6.07, 6.45) is 4.26. The van der Waals surface area contributed by atoms with E-state index in [1.807, 2.05) is 6.08 Å². The zero-order chi connectivity index (χ0) is 16.4. The SMILES string of the molecule is C=CCCCCCCCC(=O)O[C@H](CO)[C@H]1OC[C@H](O)[C@H]1O. The van der Waals surface area contributed by atoms with E-state index in [1.54, 1.807) is 0 Å². The van der Waals surface area contributed by atoms with Crippen molar-refractivity contribution in [2.45, 2.75) is 69.4 Å². The summed E-state index contributed by atoms with van der Waals surface area (Å²) in [5, 5.41) is 28.4. The largest absolute Gasteiger partial charge is 0.457 e. The highest BCUT2D eigenvalue weighted by atomic mass is 16.6. The minimum atomic E-state index is -1.14. The van der Waals surface area contributed by atoms with Gasteiger partial charge in [0.1, 0.15) is 18.3 Å². The van der Waals surface area contributed by atoms with E-state index in [-0.39, 0.29) is 13.0 Å². The van der Waals surface area contributed by atoms with Gasteiger partial charge in [-0.05, 0) is 19.3 Å². The number of hydrogen-bond donors (Lipinski definition) is 3. The van der Waals surface area contributed by atoms with Crippen LogP contribution in [0.1, 0.15) is 44.9 Å². The number of aliphatic hydroxyl groups excluding tert-OH is 3. The van der Waals surface area contributed by atoms with Gasteiger partial charge in [-0.25, -0.2) is 0 Å². The Hall–Kier alpha value is -0.950. The van der Waals surface area contributed by atoms with Crippen LogP contribution in [0, 0.1) is 0 Å². The maximum Gasteiger partial charge on any atom is 0.306 e. The third-order valence-corrected chi connectivity index (χ3v) is 3.81. The topological polar surface area (TPSA) is 96.2 Å². The zero-order valence-electron chi connectivity index (χ0n) is 13.0. The molecule has 1 aliphatic heterocycles. The molecule has 0 aromatic rings. The van der Waals surface area contributed by atoms with E-state index in [2.05, 4.69) is 6.58 Å². The minimum Gasteiger partial charge on any atom is -0.457 e. The van der Waals surface area contributed by atoms with Crippen LogP contribution in [0.2, 0.25) is 0 Å². The molecular formula is C16H28O6. The van der Waals surface area contributed by atoms with E-state index >= 15 is 0 Å². The molecule has 0 saturated carbocycles. The molecule has 22 heavy (non-hydrogen) atoms. The molecule has 0 radical (unpaired) electrons. The van der Waals surface area contributed by atoms with E-state index in [0.717, 1.165) is 38.5 Å². The zero-order valence-corrected chi connectivity index (χ0v) is 13.0. The third-order valence-electron chi connectivity index (χ3n) is 3.81. The van der Waals surface area contributed by atoms with Crippen LogP contribution >= 0.6 is 0 Å². The molecule has 3 N–H and O–H groups in total. The predicted molar refractivity (Wildman–Crippen MR) is 81.2 cm³/mol. The predicted octanol–water partition coefficient (Wildman–Crippen LogP) is 0.928. The van der Waals surface area contributed by atoms with Gasteiger partial charge in [0.15, 0.2) is 6.10 Å². The third kappa shape index (κ3) is 6.44. The molecule has 0 spiro atoms. The first-order valence-electron chi connectivity index (χ1n) is 7.99. The van der Waals surface area contributed by atoms with Crippen LogP contribution in [-0.4, -0.2) is 58.9 Å². The highest BCUT2D eigenvalue weighted by Gasteiger charge is 2.41. The number of unbranched alkanes of at least 4 members (excludes halogenated alkanes) is 5. The number of aliphatic hydroxyl groups is 3. The summed E-state index contributed by atoms with van der Waals surface area (Å²) in [6.45, 7) is 3.20. The van der Waals surface area contributed by atoms with Crippen molar-refractivity contribution in [2.24, 2.45) is 0 Å². The van der Waals surface area contributed by atoms with Crippen LogP contribution < -0.4 is 0 Å². The summed E-state index contributed by atoms with van der Waals surface area (Å²) in [5.74, 6) is -0.415. The first-order chi connectivity index (χ1) is 10.6. The highest BCUT2D eigenvalue weighted by molar-refractivity contribution is 5.69. The van der Waals surface area contributed by atoms with Gasteiger partial charge in [-0.15, -0.1) is 6.58 Å². The number of esters is 1. The van der Waals surface area contributed by atoms with Crippen LogP contribution in [0.25, 0.3) is 0 Å². The second-order valence-corrected chi connectivity index (χ2v) is 5.66. The molecule has 0 aliphatic carbocycles. The molecule has 0 bridgehead atoms. The molecule has 0 unspecified atom stereocenters. The Morgan fingerprint density at radius 2 is 1.95 bits per heavy atom. The van der Waals surface area contributed by atoms with E-state index in [0.29, 0.717) is 0 Å². The van der Waals surface area contributed by atoms with Crippen molar-refractivity contribution in [2.75, 3.05) is 13.2 Å². The fourth-order valence-corrected chi connectivity index (χ4v) is 2.48. The Balaban J connectivity index is 2.18. The van der Waals surface area contributed by atoms with E-state index in [1.165, 1.54) is 0 Å². The van der Waals surface area contributed by atoms with Crippen molar-refractivity contribution < 1.29 is 29.6 Å². The average molecular weight is 316 g/mol. The summed E-state index contributed by atoms with van der Waals surface area (Å²) in [6, 6.07) is 0. The summed E-state index contributed by atoms with van der Waals surface area (Å²) in [4.78, 5) is 11.7. The second-order valence-electron chi connectivity index (χ2n) is 5.66. The molecule has 128 valence electrons. The lowest BCUT2D eigenvalue weighted by Crippen LogP contribution is -2.43. The van der Waals surface area contributed by atoms with Crippen LogP contribution in [0.15, 0.2) is 12.7 Å². The second kappa shape index (κ2) is 10.7.